The second-order valence-electron chi connectivity index (χ2n) is 6.82. The van der Waals surface area contributed by atoms with E-state index in [1.807, 2.05) is 34.6 Å². The number of hydrogen-bond acceptors (Lipinski definition) is 4. The summed E-state index contributed by atoms with van der Waals surface area (Å²) in [5, 5.41) is 1.63. The van der Waals surface area contributed by atoms with Crippen LogP contribution in [0.4, 0.5) is 0 Å². The van der Waals surface area contributed by atoms with E-state index < -0.39 is 0 Å². The SMILES string of the molecule is CC.CCCC(=O)CCC(CCC(=O)NN(C)C)CCC(=O)C(C)C. The van der Waals surface area contributed by atoms with Gasteiger partial charge < -0.3 is 0 Å². The number of carbonyl (C=O) groups is 3. The third-order valence-corrected chi connectivity index (χ3v) is 3.93. The van der Waals surface area contributed by atoms with E-state index in [2.05, 4.69) is 5.43 Å². The van der Waals surface area contributed by atoms with Crippen LogP contribution in [0.15, 0.2) is 0 Å². The molecular weight excluding hydrogens is 316 g/mol. The minimum Gasteiger partial charge on any atom is -0.300 e. The van der Waals surface area contributed by atoms with Crippen LogP contribution in [0, 0.1) is 11.8 Å². The molecule has 0 rings (SSSR count). The van der Waals surface area contributed by atoms with Gasteiger partial charge in [0.25, 0.3) is 0 Å². The van der Waals surface area contributed by atoms with E-state index >= 15 is 0 Å². The van der Waals surface area contributed by atoms with E-state index in [1.54, 1.807) is 19.1 Å². The van der Waals surface area contributed by atoms with Crippen LogP contribution in [0.5, 0.6) is 0 Å². The van der Waals surface area contributed by atoms with Gasteiger partial charge in [0.15, 0.2) is 0 Å². The molecule has 25 heavy (non-hydrogen) atoms. The van der Waals surface area contributed by atoms with Crippen molar-refractivity contribution in [2.24, 2.45) is 11.8 Å². The number of Topliss-reactive ketones (excluding diaryl/α,β-unsaturated/α-hetero) is 2. The Morgan fingerprint density at radius 1 is 0.880 bits per heavy atom. The van der Waals surface area contributed by atoms with Crippen molar-refractivity contribution >= 4 is 17.5 Å². The normalized spacial score (nSPS) is 11.7. The number of carbonyl (C=O) groups excluding carboxylic acids is 3. The van der Waals surface area contributed by atoms with Crippen molar-refractivity contribution in [3.8, 4) is 0 Å². The van der Waals surface area contributed by atoms with Crippen molar-refractivity contribution in [1.82, 2.24) is 10.4 Å². The summed E-state index contributed by atoms with van der Waals surface area (Å²) in [4.78, 5) is 35.3. The third kappa shape index (κ3) is 16.0. The summed E-state index contributed by atoms with van der Waals surface area (Å²) in [6.07, 6.45) is 5.30. The fourth-order valence-electron chi connectivity index (χ4n) is 2.48. The zero-order valence-corrected chi connectivity index (χ0v) is 17.5. The van der Waals surface area contributed by atoms with Crippen LogP contribution in [0.3, 0.4) is 0 Å². The molecule has 1 amide bonds. The summed E-state index contributed by atoms with van der Waals surface area (Å²) in [7, 11) is 3.56. The number of nitrogens with zero attached hydrogens (tertiary/aromatic N) is 1. The van der Waals surface area contributed by atoms with Crippen LogP contribution in [0.2, 0.25) is 0 Å². The Balaban J connectivity index is 0. The molecule has 0 heterocycles. The molecular formula is C20H40N2O3. The standard InChI is InChI=1S/C18H34N2O3.C2H6/c1-6-7-16(21)11-8-15(9-12-17(22)14(2)3)10-13-18(23)19-20(4)5;1-2/h14-15H,6-13H2,1-5H3,(H,19,23);1-2H3. The van der Waals surface area contributed by atoms with E-state index in [1.165, 1.54) is 0 Å². The molecule has 1 unspecified atom stereocenters. The lowest BCUT2D eigenvalue weighted by molar-refractivity contribution is -0.125. The molecule has 0 saturated heterocycles. The average molecular weight is 357 g/mol. The Hall–Kier alpha value is -1.23. The molecule has 0 aliphatic rings. The van der Waals surface area contributed by atoms with Crippen LogP contribution in [0.1, 0.15) is 86.0 Å². The summed E-state index contributed by atoms with van der Waals surface area (Å²) in [6.45, 7) is 9.82. The minimum atomic E-state index is -0.0185. The molecule has 0 radical (unpaired) electrons. The molecule has 1 atom stereocenters. The van der Waals surface area contributed by atoms with Gasteiger partial charge in [-0.3, -0.25) is 19.8 Å². The van der Waals surface area contributed by atoms with E-state index in [-0.39, 0.29) is 29.3 Å². The number of rotatable bonds is 13. The lowest BCUT2D eigenvalue weighted by Crippen LogP contribution is -2.36. The number of hydrogen-bond donors (Lipinski definition) is 1. The average Bonchev–Trinajstić information content (AvgIpc) is 2.55. The van der Waals surface area contributed by atoms with Crippen LogP contribution < -0.4 is 5.43 Å². The Kier molecular flexibility index (Phi) is 16.9. The highest BCUT2D eigenvalue weighted by molar-refractivity contribution is 5.80. The molecule has 1 N–H and O–H groups in total. The van der Waals surface area contributed by atoms with Crippen molar-refractivity contribution in [2.75, 3.05) is 14.1 Å². The molecule has 0 aliphatic carbocycles. The molecule has 5 nitrogen and oxygen atoms in total. The number of nitrogens with one attached hydrogen (secondary N) is 1. The Labute approximate surface area is 154 Å². The van der Waals surface area contributed by atoms with Crippen LogP contribution >= 0.6 is 0 Å². The van der Waals surface area contributed by atoms with Crippen molar-refractivity contribution in [1.29, 1.82) is 0 Å². The van der Waals surface area contributed by atoms with Crippen LogP contribution in [0.25, 0.3) is 0 Å². The Bertz CT molecular complexity index is 379. The Morgan fingerprint density at radius 3 is 1.88 bits per heavy atom. The highest BCUT2D eigenvalue weighted by Gasteiger charge is 2.16. The summed E-state index contributed by atoms with van der Waals surface area (Å²) in [5.41, 5.74) is 2.73. The van der Waals surface area contributed by atoms with Gasteiger partial charge in [0.2, 0.25) is 5.91 Å². The van der Waals surface area contributed by atoms with Gasteiger partial charge >= 0.3 is 0 Å². The first-order valence-electron chi connectivity index (χ1n) is 9.77. The van der Waals surface area contributed by atoms with E-state index in [9.17, 15) is 14.4 Å². The third-order valence-electron chi connectivity index (χ3n) is 3.93. The molecule has 148 valence electrons. The lowest BCUT2D eigenvalue weighted by atomic mass is 9.89. The monoisotopic (exact) mass is 356 g/mol. The van der Waals surface area contributed by atoms with Crippen molar-refractivity contribution in [2.45, 2.75) is 86.0 Å². The second kappa shape index (κ2) is 16.2. The van der Waals surface area contributed by atoms with Gasteiger partial charge in [0.1, 0.15) is 11.6 Å². The van der Waals surface area contributed by atoms with Crippen LogP contribution in [-0.2, 0) is 14.4 Å². The molecule has 0 aromatic heterocycles. The van der Waals surface area contributed by atoms with E-state index in [0.717, 1.165) is 25.7 Å². The second-order valence-corrected chi connectivity index (χ2v) is 6.82. The van der Waals surface area contributed by atoms with Gasteiger partial charge in [-0.05, 0) is 31.6 Å². The molecule has 0 aromatic rings. The smallest absolute Gasteiger partial charge is 0.234 e. The van der Waals surface area contributed by atoms with Crippen LogP contribution in [-0.4, -0.2) is 36.6 Å². The fourth-order valence-corrected chi connectivity index (χ4v) is 2.48. The predicted octanol–water partition coefficient (Wildman–Crippen LogP) is 4.16. The lowest BCUT2D eigenvalue weighted by Gasteiger charge is -2.18. The van der Waals surface area contributed by atoms with Gasteiger partial charge in [-0.2, -0.15) is 0 Å². The first-order valence-corrected chi connectivity index (χ1v) is 9.77. The zero-order chi connectivity index (χ0) is 19.8. The molecule has 0 aliphatic heterocycles. The van der Waals surface area contributed by atoms with Crippen molar-refractivity contribution in [3.63, 3.8) is 0 Å². The number of ketones is 2. The van der Waals surface area contributed by atoms with Crippen molar-refractivity contribution in [3.05, 3.63) is 0 Å². The molecule has 5 heteroatoms. The van der Waals surface area contributed by atoms with E-state index in [4.69, 9.17) is 0 Å². The predicted molar refractivity (Wildman–Crippen MR) is 104 cm³/mol. The minimum absolute atomic E-state index is 0.0185. The maximum Gasteiger partial charge on any atom is 0.234 e. The topological polar surface area (TPSA) is 66.5 Å². The number of hydrazine groups is 1. The molecule has 0 spiro atoms. The molecule has 0 bridgehead atoms. The van der Waals surface area contributed by atoms with E-state index in [0.29, 0.717) is 25.7 Å². The highest BCUT2D eigenvalue weighted by Crippen LogP contribution is 2.21. The Morgan fingerprint density at radius 2 is 1.40 bits per heavy atom. The largest absolute Gasteiger partial charge is 0.300 e. The van der Waals surface area contributed by atoms with Gasteiger partial charge in [-0.15, -0.1) is 0 Å². The first-order chi connectivity index (χ1) is 11.8. The molecule has 0 aromatic carbocycles. The molecule has 0 saturated carbocycles. The quantitative estimate of drug-likeness (QED) is 0.503. The van der Waals surface area contributed by atoms with Gasteiger partial charge in [-0.1, -0.05) is 34.6 Å². The maximum atomic E-state index is 11.8. The summed E-state index contributed by atoms with van der Waals surface area (Å²) in [6, 6.07) is 0. The highest BCUT2D eigenvalue weighted by atomic mass is 16.2. The van der Waals surface area contributed by atoms with Gasteiger partial charge in [-0.25, -0.2) is 5.01 Å². The number of amides is 1. The van der Waals surface area contributed by atoms with Gasteiger partial charge in [0.05, 0.1) is 0 Å². The molecule has 0 fully saturated rings. The first kappa shape index (κ1) is 26.0. The fraction of sp³-hybridized carbons (Fsp3) is 0.850. The zero-order valence-electron chi connectivity index (χ0n) is 17.5. The van der Waals surface area contributed by atoms with Gasteiger partial charge in [0, 0.05) is 45.7 Å². The summed E-state index contributed by atoms with van der Waals surface area (Å²) in [5.74, 6) is 0.828. The summed E-state index contributed by atoms with van der Waals surface area (Å²) >= 11 is 0. The maximum absolute atomic E-state index is 11.8. The van der Waals surface area contributed by atoms with Crippen molar-refractivity contribution < 1.29 is 14.4 Å². The summed E-state index contributed by atoms with van der Waals surface area (Å²) < 4.78 is 0.